The molecule has 2 unspecified atom stereocenters. The molecule has 0 radical (unpaired) electrons. The van der Waals surface area contributed by atoms with Crippen molar-refractivity contribution in [1.82, 2.24) is 0 Å². The minimum atomic E-state index is 0.257. The van der Waals surface area contributed by atoms with Gasteiger partial charge in [-0.2, -0.15) is 0 Å². The number of aliphatic hydroxyl groups excluding tert-OH is 1. The fourth-order valence-corrected chi connectivity index (χ4v) is 2.27. The summed E-state index contributed by atoms with van der Waals surface area (Å²) >= 11 is 0. The molecule has 0 aromatic rings. The Hall–Kier alpha value is -0.300. The van der Waals surface area contributed by atoms with Crippen molar-refractivity contribution >= 4 is 0 Å². The molecule has 0 heterocycles. The van der Waals surface area contributed by atoms with E-state index in [1.165, 1.54) is 19.3 Å². The van der Waals surface area contributed by atoms with Crippen molar-refractivity contribution in [3.8, 4) is 0 Å². The third kappa shape index (κ3) is 2.20. The maximum atomic E-state index is 8.97. The lowest BCUT2D eigenvalue weighted by Crippen LogP contribution is -2.27. The predicted octanol–water partition coefficient (Wildman–Crippen LogP) is 3.39. The van der Waals surface area contributed by atoms with Crippen molar-refractivity contribution in [2.24, 2.45) is 16.7 Å². The number of aliphatic hydroxyl groups is 1. The molecule has 2 atom stereocenters. The minimum Gasteiger partial charge on any atom is -0.396 e. The van der Waals surface area contributed by atoms with Crippen molar-refractivity contribution in [3.05, 3.63) is 12.2 Å². The zero-order valence-corrected chi connectivity index (χ0v) is 10.0. The second-order valence-corrected chi connectivity index (χ2v) is 5.67. The van der Waals surface area contributed by atoms with Gasteiger partial charge in [0, 0.05) is 6.61 Å². The van der Waals surface area contributed by atoms with Crippen molar-refractivity contribution in [1.29, 1.82) is 0 Å². The molecular weight excluding hydrogens is 172 g/mol. The van der Waals surface area contributed by atoms with Crippen molar-refractivity contribution in [2.75, 3.05) is 6.61 Å². The minimum absolute atomic E-state index is 0.257. The molecule has 0 aromatic heterocycles. The van der Waals surface area contributed by atoms with E-state index in [4.69, 9.17) is 5.11 Å². The van der Waals surface area contributed by atoms with E-state index in [1.54, 1.807) is 0 Å². The fraction of sp³-hybridized carbons (Fsp3) is 0.846. The number of hydrogen-bond acceptors (Lipinski definition) is 1. The van der Waals surface area contributed by atoms with Gasteiger partial charge in [-0.1, -0.05) is 46.3 Å². The summed E-state index contributed by atoms with van der Waals surface area (Å²) in [6.45, 7) is 9.37. The Bertz CT molecular complexity index is 217. The molecule has 0 saturated heterocycles. The SMILES string of the molecule is CC(C=CC1(C)CCCC1(C)C)CO. The van der Waals surface area contributed by atoms with Gasteiger partial charge in [-0.05, 0) is 29.6 Å². The van der Waals surface area contributed by atoms with E-state index < -0.39 is 0 Å². The standard InChI is InChI=1S/C13H24O/c1-11(10-14)6-9-13(4)8-5-7-12(13,2)3/h6,9,11,14H,5,7-8,10H2,1-4H3. The van der Waals surface area contributed by atoms with Gasteiger partial charge in [-0.25, -0.2) is 0 Å². The molecule has 1 rings (SSSR count). The first kappa shape index (κ1) is 11.8. The van der Waals surface area contributed by atoms with Crippen LogP contribution in [0, 0.1) is 16.7 Å². The number of hydrogen-bond donors (Lipinski definition) is 1. The highest BCUT2D eigenvalue weighted by Gasteiger charge is 2.42. The molecule has 1 saturated carbocycles. The molecule has 1 fully saturated rings. The lowest BCUT2D eigenvalue weighted by Gasteiger charge is -2.36. The van der Waals surface area contributed by atoms with E-state index in [-0.39, 0.29) is 6.61 Å². The Morgan fingerprint density at radius 2 is 1.93 bits per heavy atom. The van der Waals surface area contributed by atoms with E-state index in [0.29, 0.717) is 16.7 Å². The lowest BCUT2D eigenvalue weighted by atomic mass is 9.69. The van der Waals surface area contributed by atoms with Crippen LogP contribution in [0.4, 0.5) is 0 Å². The third-order valence-corrected chi connectivity index (χ3v) is 4.12. The van der Waals surface area contributed by atoms with Crippen LogP contribution in [-0.4, -0.2) is 11.7 Å². The Morgan fingerprint density at radius 3 is 2.36 bits per heavy atom. The van der Waals surface area contributed by atoms with Gasteiger partial charge in [0.25, 0.3) is 0 Å². The molecule has 0 amide bonds. The van der Waals surface area contributed by atoms with Gasteiger partial charge >= 0.3 is 0 Å². The Labute approximate surface area is 88.2 Å². The molecule has 1 N–H and O–H groups in total. The largest absolute Gasteiger partial charge is 0.396 e. The zero-order valence-electron chi connectivity index (χ0n) is 10.0. The van der Waals surface area contributed by atoms with Crippen LogP contribution in [0.3, 0.4) is 0 Å². The van der Waals surface area contributed by atoms with Crippen LogP contribution in [0.15, 0.2) is 12.2 Å². The highest BCUT2D eigenvalue weighted by Crippen LogP contribution is 2.53. The van der Waals surface area contributed by atoms with Gasteiger partial charge < -0.3 is 5.11 Å². The molecule has 82 valence electrons. The second-order valence-electron chi connectivity index (χ2n) is 5.67. The highest BCUT2D eigenvalue weighted by atomic mass is 16.3. The van der Waals surface area contributed by atoms with Crippen LogP contribution in [0.2, 0.25) is 0 Å². The highest BCUT2D eigenvalue weighted by molar-refractivity contribution is 5.08. The van der Waals surface area contributed by atoms with Crippen LogP contribution in [0.1, 0.15) is 47.0 Å². The second kappa shape index (κ2) is 4.06. The van der Waals surface area contributed by atoms with E-state index in [0.717, 1.165) is 0 Å². The molecule has 14 heavy (non-hydrogen) atoms. The third-order valence-electron chi connectivity index (χ3n) is 4.12. The fourth-order valence-electron chi connectivity index (χ4n) is 2.27. The summed E-state index contributed by atoms with van der Waals surface area (Å²) in [6, 6.07) is 0. The summed E-state index contributed by atoms with van der Waals surface area (Å²) in [4.78, 5) is 0. The normalized spacial score (nSPS) is 33.8. The summed E-state index contributed by atoms with van der Waals surface area (Å²) in [6.07, 6.45) is 8.45. The van der Waals surface area contributed by atoms with Crippen LogP contribution < -0.4 is 0 Å². The van der Waals surface area contributed by atoms with E-state index in [2.05, 4.69) is 39.8 Å². The maximum absolute atomic E-state index is 8.97. The van der Waals surface area contributed by atoms with Crippen molar-refractivity contribution in [3.63, 3.8) is 0 Å². The van der Waals surface area contributed by atoms with Crippen molar-refractivity contribution < 1.29 is 5.11 Å². The lowest BCUT2D eigenvalue weighted by molar-refractivity contribution is 0.190. The predicted molar refractivity (Wildman–Crippen MR) is 61.1 cm³/mol. The maximum Gasteiger partial charge on any atom is 0.0491 e. The quantitative estimate of drug-likeness (QED) is 0.686. The average Bonchev–Trinajstić information content (AvgIpc) is 2.38. The first-order valence-corrected chi connectivity index (χ1v) is 5.71. The van der Waals surface area contributed by atoms with E-state index in [9.17, 15) is 0 Å². The summed E-state index contributed by atoms with van der Waals surface area (Å²) in [5.41, 5.74) is 0.745. The summed E-state index contributed by atoms with van der Waals surface area (Å²) in [5, 5.41) is 8.97. The molecule has 0 aromatic carbocycles. The zero-order chi connectivity index (χ0) is 10.8. The molecular formula is C13H24O. The van der Waals surface area contributed by atoms with Gasteiger partial charge in [-0.3, -0.25) is 0 Å². The van der Waals surface area contributed by atoms with Gasteiger partial charge in [0.05, 0.1) is 0 Å². The summed E-state index contributed by atoms with van der Waals surface area (Å²) in [5.74, 6) is 0.295. The van der Waals surface area contributed by atoms with Gasteiger partial charge in [0.1, 0.15) is 0 Å². The van der Waals surface area contributed by atoms with Gasteiger partial charge in [-0.15, -0.1) is 0 Å². The monoisotopic (exact) mass is 196 g/mol. The Morgan fingerprint density at radius 1 is 1.29 bits per heavy atom. The van der Waals surface area contributed by atoms with Gasteiger partial charge in [0.2, 0.25) is 0 Å². The van der Waals surface area contributed by atoms with Crippen LogP contribution >= 0.6 is 0 Å². The molecule has 1 aliphatic carbocycles. The van der Waals surface area contributed by atoms with Crippen LogP contribution in [0.25, 0.3) is 0 Å². The molecule has 0 aliphatic heterocycles. The van der Waals surface area contributed by atoms with Crippen LogP contribution in [0.5, 0.6) is 0 Å². The summed E-state index contributed by atoms with van der Waals surface area (Å²) < 4.78 is 0. The molecule has 0 spiro atoms. The van der Waals surface area contributed by atoms with Crippen molar-refractivity contribution in [2.45, 2.75) is 47.0 Å². The number of allylic oxidation sites excluding steroid dienone is 1. The Kier molecular flexibility index (Phi) is 3.41. The Balaban J connectivity index is 2.71. The average molecular weight is 196 g/mol. The number of rotatable bonds is 3. The molecule has 1 aliphatic rings. The van der Waals surface area contributed by atoms with Gasteiger partial charge in [0.15, 0.2) is 0 Å². The molecule has 0 bridgehead atoms. The van der Waals surface area contributed by atoms with Crippen LogP contribution in [-0.2, 0) is 0 Å². The topological polar surface area (TPSA) is 20.2 Å². The van der Waals surface area contributed by atoms with E-state index in [1.807, 2.05) is 0 Å². The molecule has 1 heteroatoms. The summed E-state index contributed by atoms with van der Waals surface area (Å²) in [7, 11) is 0. The molecule has 1 nitrogen and oxygen atoms in total. The smallest absolute Gasteiger partial charge is 0.0491 e. The van der Waals surface area contributed by atoms with E-state index >= 15 is 0 Å². The first-order chi connectivity index (χ1) is 6.41. The first-order valence-electron chi connectivity index (χ1n) is 5.71.